The van der Waals surface area contributed by atoms with Crippen LogP contribution in [-0.4, -0.2) is 22.0 Å². The molecule has 1 N–H and O–H groups in total. The van der Waals surface area contributed by atoms with Crippen molar-refractivity contribution in [3.63, 3.8) is 0 Å². The van der Waals surface area contributed by atoms with Crippen LogP contribution in [0.2, 0.25) is 0 Å². The Morgan fingerprint density at radius 2 is 1.82 bits per heavy atom. The molecule has 0 unspecified atom stereocenters. The number of amides is 1. The molecule has 0 aliphatic heterocycles. The van der Waals surface area contributed by atoms with Crippen molar-refractivity contribution in [3.8, 4) is 5.69 Å². The first kappa shape index (κ1) is 14.1. The number of pyridine rings is 1. The van der Waals surface area contributed by atoms with Gasteiger partial charge in [-0.15, -0.1) is 0 Å². The van der Waals surface area contributed by atoms with Crippen LogP contribution >= 0.6 is 0 Å². The fourth-order valence-electron chi connectivity index (χ4n) is 2.26. The van der Waals surface area contributed by atoms with E-state index in [9.17, 15) is 4.79 Å². The number of carbonyl (C=O) groups excluding carboxylic acids is 1. The van der Waals surface area contributed by atoms with Gasteiger partial charge in [-0.05, 0) is 54.4 Å². The highest BCUT2D eigenvalue weighted by Gasteiger charge is 2.05. The number of nitrogens with one attached hydrogen (secondary N) is 1. The maximum atomic E-state index is 12.1. The van der Waals surface area contributed by atoms with Crippen molar-refractivity contribution < 1.29 is 4.79 Å². The van der Waals surface area contributed by atoms with Crippen LogP contribution in [0, 0.1) is 0 Å². The minimum atomic E-state index is -0.0528. The van der Waals surface area contributed by atoms with E-state index in [1.807, 2.05) is 71.7 Å². The van der Waals surface area contributed by atoms with Gasteiger partial charge in [0, 0.05) is 42.6 Å². The maximum Gasteiger partial charge on any atom is 0.251 e. The highest BCUT2D eigenvalue weighted by molar-refractivity contribution is 5.94. The smallest absolute Gasteiger partial charge is 0.251 e. The van der Waals surface area contributed by atoms with Gasteiger partial charge in [0.1, 0.15) is 0 Å². The molecule has 3 rings (SSSR count). The van der Waals surface area contributed by atoms with Gasteiger partial charge in [-0.2, -0.15) is 0 Å². The highest BCUT2D eigenvalue weighted by atomic mass is 16.1. The normalized spacial score (nSPS) is 10.4. The number of hydrogen-bond acceptors (Lipinski definition) is 2. The van der Waals surface area contributed by atoms with Crippen LogP contribution < -0.4 is 5.32 Å². The van der Waals surface area contributed by atoms with E-state index in [1.165, 1.54) is 0 Å². The third kappa shape index (κ3) is 3.41. The molecule has 0 radical (unpaired) electrons. The van der Waals surface area contributed by atoms with Crippen molar-refractivity contribution in [2.75, 3.05) is 6.54 Å². The van der Waals surface area contributed by atoms with Gasteiger partial charge < -0.3 is 9.88 Å². The lowest BCUT2D eigenvalue weighted by Crippen LogP contribution is -2.25. The number of rotatable bonds is 5. The fourth-order valence-corrected chi connectivity index (χ4v) is 2.26. The Labute approximate surface area is 129 Å². The molecule has 4 nitrogen and oxygen atoms in total. The molecule has 2 aromatic heterocycles. The van der Waals surface area contributed by atoms with Crippen molar-refractivity contribution in [1.29, 1.82) is 0 Å². The Morgan fingerprint density at radius 3 is 2.50 bits per heavy atom. The van der Waals surface area contributed by atoms with Crippen LogP contribution in [0.4, 0.5) is 0 Å². The Balaban J connectivity index is 1.56. The second-order valence-corrected chi connectivity index (χ2v) is 5.00. The predicted octanol–water partition coefficient (Wildman–Crippen LogP) is 2.84. The van der Waals surface area contributed by atoms with E-state index >= 15 is 0 Å². The summed E-state index contributed by atoms with van der Waals surface area (Å²) in [5.41, 5.74) is 2.82. The second kappa shape index (κ2) is 6.72. The first-order valence-electron chi connectivity index (χ1n) is 7.23. The summed E-state index contributed by atoms with van der Waals surface area (Å²) < 4.78 is 2.00. The average Bonchev–Trinajstić information content (AvgIpc) is 3.10. The molecule has 1 aromatic carbocycles. The van der Waals surface area contributed by atoms with Gasteiger partial charge in [-0.1, -0.05) is 6.07 Å². The molecule has 0 bridgehead atoms. The molecule has 4 heteroatoms. The molecular weight excluding hydrogens is 274 g/mol. The summed E-state index contributed by atoms with van der Waals surface area (Å²) in [6.07, 6.45) is 8.29. The lowest BCUT2D eigenvalue weighted by atomic mass is 10.1. The Hall–Kier alpha value is -2.88. The number of aromatic nitrogens is 2. The van der Waals surface area contributed by atoms with Crippen LogP contribution in [0.3, 0.4) is 0 Å². The van der Waals surface area contributed by atoms with Crippen LogP contribution in [0.1, 0.15) is 15.9 Å². The summed E-state index contributed by atoms with van der Waals surface area (Å²) >= 11 is 0. The monoisotopic (exact) mass is 291 g/mol. The molecule has 1 amide bonds. The van der Waals surface area contributed by atoms with Crippen LogP contribution in [0.25, 0.3) is 5.69 Å². The third-order valence-electron chi connectivity index (χ3n) is 3.45. The van der Waals surface area contributed by atoms with E-state index in [4.69, 9.17) is 0 Å². The van der Waals surface area contributed by atoms with Crippen LogP contribution in [-0.2, 0) is 6.42 Å². The van der Waals surface area contributed by atoms with E-state index < -0.39 is 0 Å². The molecule has 2 heterocycles. The van der Waals surface area contributed by atoms with Gasteiger partial charge in [0.25, 0.3) is 5.91 Å². The molecule has 3 aromatic rings. The van der Waals surface area contributed by atoms with Crippen molar-refractivity contribution in [2.24, 2.45) is 0 Å². The van der Waals surface area contributed by atoms with Crippen molar-refractivity contribution >= 4 is 5.91 Å². The zero-order valence-electron chi connectivity index (χ0n) is 12.1. The third-order valence-corrected chi connectivity index (χ3v) is 3.45. The molecule has 0 aliphatic rings. The summed E-state index contributed by atoms with van der Waals surface area (Å²) in [5.74, 6) is -0.0528. The van der Waals surface area contributed by atoms with Gasteiger partial charge in [0.05, 0.1) is 0 Å². The van der Waals surface area contributed by atoms with Gasteiger partial charge in [0.15, 0.2) is 0 Å². The van der Waals surface area contributed by atoms with E-state index in [1.54, 1.807) is 6.20 Å². The summed E-state index contributed by atoms with van der Waals surface area (Å²) in [7, 11) is 0. The van der Waals surface area contributed by atoms with E-state index in [2.05, 4.69) is 10.3 Å². The fraction of sp³-hybridized carbons (Fsp3) is 0.111. The quantitative estimate of drug-likeness (QED) is 0.785. The lowest BCUT2D eigenvalue weighted by molar-refractivity contribution is 0.0954. The van der Waals surface area contributed by atoms with E-state index in [-0.39, 0.29) is 5.91 Å². The number of benzene rings is 1. The van der Waals surface area contributed by atoms with Gasteiger partial charge in [-0.25, -0.2) is 0 Å². The number of nitrogens with zero attached hydrogens (tertiary/aromatic N) is 2. The minimum Gasteiger partial charge on any atom is -0.352 e. The standard InChI is InChI=1S/C18H17N3O/c22-18(20-11-9-15-4-3-10-19-14-15)16-5-7-17(8-6-16)21-12-1-2-13-21/h1-8,10,12-14H,9,11H2,(H,20,22). The average molecular weight is 291 g/mol. The van der Waals surface area contributed by atoms with Crippen LogP contribution in [0.15, 0.2) is 73.3 Å². The van der Waals surface area contributed by atoms with Gasteiger partial charge in [-0.3, -0.25) is 9.78 Å². The largest absolute Gasteiger partial charge is 0.352 e. The zero-order valence-corrected chi connectivity index (χ0v) is 12.1. The summed E-state index contributed by atoms with van der Waals surface area (Å²) in [6, 6.07) is 15.4. The topological polar surface area (TPSA) is 46.9 Å². The summed E-state index contributed by atoms with van der Waals surface area (Å²) in [5, 5.41) is 2.93. The van der Waals surface area contributed by atoms with Gasteiger partial charge >= 0.3 is 0 Å². The number of carbonyl (C=O) groups is 1. The molecular formula is C18H17N3O. The minimum absolute atomic E-state index is 0.0528. The predicted molar refractivity (Wildman–Crippen MR) is 86.0 cm³/mol. The molecule has 0 saturated carbocycles. The Bertz CT molecular complexity index is 719. The Kier molecular flexibility index (Phi) is 4.30. The zero-order chi connectivity index (χ0) is 15.2. The molecule has 110 valence electrons. The first-order valence-corrected chi connectivity index (χ1v) is 7.23. The van der Waals surface area contributed by atoms with E-state index in [0.29, 0.717) is 12.1 Å². The maximum absolute atomic E-state index is 12.1. The molecule has 0 aliphatic carbocycles. The molecule has 0 saturated heterocycles. The van der Waals surface area contributed by atoms with Crippen molar-refractivity contribution in [2.45, 2.75) is 6.42 Å². The molecule has 0 atom stereocenters. The highest BCUT2D eigenvalue weighted by Crippen LogP contribution is 2.10. The first-order chi connectivity index (χ1) is 10.8. The number of hydrogen-bond donors (Lipinski definition) is 1. The lowest BCUT2D eigenvalue weighted by Gasteiger charge is -2.07. The summed E-state index contributed by atoms with van der Waals surface area (Å²) in [4.78, 5) is 16.2. The Morgan fingerprint density at radius 1 is 1.05 bits per heavy atom. The SMILES string of the molecule is O=C(NCCc1cccnc1)c1ccc(-n2cccc2)cc1. The molecule has 22 heavy (non-hydrogen) atoms. The van der Waals surface area contributed by atoms with Crippen molar-refractivity contribution in [1.82, 2.24) is 14.9 Å². The molecule has 0 spiro atoms. The van der Waals surface area contributed by atoms with Crippen LogP contribution in [0.5, 0.6) is 0 Å². The van der Waals surface area contributed by atoms with Gasteiger partial charge in [0.2, 0.25) is 0 Å². The second-order valence-electron chi connectivity index (χ2n) is 5.00. The molecule has 0 fully saturated rings. The van der Waals surface area contributed by atoms with E-state index in [0.717, 1.165) is 17.7 Å². The summed E-state index contributed by atoms with van der Waals surface area (Å²) in [6.45, 7) is 0.601. The van der Waals surface area contributed by atoms with Crippen molar-refractivity contribution in [3.05, 3.63) is 84.4 Å².